The molecular formula is C23H37N7O5S2. The Bertz CT molecular complexity index is 916. The van der Waals surface area contributed by atoms with E-state index in [2.05, 4.69) is 33.6 Å². The fraction of sp³-hybridized carbons (Fsp3) is 0.522. The molecular weight excluding hydrogens is 518 g/mol. The number of hydrogen-bond donors (Lipinski definition) is 8. The van der Waals surface area contributed by atoms with Crippen LogP contribution in [0.25, 0.3) is 0 Å². The highest BCUT2D eigenvalue weighted by molar-refractivity contribution is 7.98. The zero-order valence-corrected chi connectivity index (χ0v) is 22.5. The Balaban J connectivity index is 2.97. The molecule has 4 atom stereocenters. The third kappa shape index (κ3) is 12.7. The summed E-state index contributed by atoms with van der Waals surface area (Å²) in [6.07, 6.45) is 3.06. The van der Waals surface area contributed by atoms with E-state index in [1.54, 1.807) is 24.3 Å². The second-order valence-electron chi connectivity index (χ2n) is 8.23. The standard InChI is InChI=1S/C23H37N7O5S2/c1-37-11-9-16(28-19(31)15(24)8-5-10-27-23(25)26)20(32)29-17(12-14-6-3-2-4-7-14)21(33)30-18(13-36)22(34)35/h2-4,6-7,15-18,36H,5,8-13,24H2,1H3,(H,28,31)(H,29,32)(H,30,33)(H,34,35)(H4,25,26,27). The number of aliphatic carboxylic acids is 1. The van der Waals surface area contributed by atoms with Gasteiger partial charge in [0.1, 0.15) is 18.1 Å². The van der Waals surface area contributed by atoms with Crippen molar-refractivity contribution in [3.63, 3.8) is 0 Å². The van der Waals surface area contributed by atoms with Gasteiger partial charge in [-0.1, -0.05) is 30.3 Å². The maximum absolute atomic E-state index is 13.2. The lowest BCUT2D eigenvalue weighted by atomic mass is 10.0. The first-order valence-electron chi connectivity index (χ1n) is 11.7. The van der Waals surface area contributed by atoms with E-state index in [1.807, 2.05) is 12.3 Å². The number of nitrogens with two attached hydrogens (primary N) is 3. The van der Waals surface area contributed by atoms with Gasteiger partial charge in [-0.2, -0.15) is 24.4 Å². The van der Waals surface area contributed by atoms with Crippen LogP contribution < -0.4 is 33.2 Å². The van der Waals surface area contributed by atoms with Gasteiger partial charge in [0, 0.05) is 18.7 Å². The first-order chi connectivity index (χ1) is 17.6. The molecule has 10 N–H and O–H groups in total. The predicted octanol–water partition coefficient (Wildman–Crippen LogP) is -1.17. The van der Waals surface area contributed by atoms with Crippen LogP contribution in [0.5, 0.6) is 0 Å². The third-order valence-electron chi connectivity index (χ3n) is 5.26. The lowest BCUT2D eigenvalue weighted by Crippen LogP contribution is -2.58. The van der Waals surface area contributed by atoms with Crippen molar-refractivity contribution in [2.24, 2.45) is 22.2 Å². The van der Waals surface area contributed by atoms with Crippen molar-refractivity contribution in [1.29, 1.82) is 0 Å². The van der Waals surface area contributed by atoms with Crippen molar-refractivity contribution in [3.8, 4) is 0 Å². The van der Waals surface area contributed by atoms with Gasteiger partial charge < -0.3 is 38.3 Å². The van der Waals surface area contributed by atoms with Gasteiger partial charge in [0.05, 0.1) is 6.04 Å². The molecule has 0 spiro atoms. The number of benzene rings is 1. The molecule has 0 radical (unpaired) electrons. The van der Waals surface area contributed by atoms with Crippen molar-refractivity contribution < 1.29 is 24.3 Å². The smallest absolute Gasteiger partial charge is 0.327 e. The third-order valence-corrected chi connectivity index (χ3v) is 6.27. The second kappa shape index (κ2) is 17.5. The van der Waals surface area contributed by atoms with Gasteiger partial charge in [-0.05, 0) is 36.8 Å². The summed E-state index contributed by atoms with van der Waals surface area (Å²) in [5.41, 5.74) is 17.3. The molecule has 14 heteroatoms. The van der Waals surface area contributed by atoms with Gasteiger partial charge in [-0.3, -0.25) is 19.4 Å². The van der Waals surface area contributed by atoms with E-state index < -0.39 is 47.9 Å². The SMILES string of the molecule is CSCCC(NC(=O)C(N)CCCN=C(N)N)C(=O)NC(Cc1ccccc1)C(=O)NC(CS)C(=O)O. The molecule has 0 saturated heterocycles. The van der Waals surface area contributed by atoms with Crippen LogP contribution in [0, 0.1) is 0 Å². The van der Waals surface area contributed by atoms with E-state index in [9.17, 15) is 24.3 Å². The Hall–Kier alpha value is -2.97. The van der Waals surface area contributed by atoms with Crippen molar-refractivity contribution in [2.75, 3.05) is 24.3 Å². The molecule has 1 aromatic rings. The number of thioether (sulfide) groups is 1. The van der Waals surface area contributed by atoms with Gasteiger partial charge in [-0.25, -0.2) is 4.79 Å². The maximum atomic E-state index is 13.2. The van der Waals surface area contributed by atoms with Gasteiger partial charge in [0.25, 0.3) is 0 Å². The predicted molar refractivity (Wildman–Crippen MR) is 148 cm³/mol. The highest BCUT2D eigenvalue weighted by Crippen LogP contribution is 2.07. The molecule has 0 aliphatic heterocycles. The van der Waals surface area contributed by atoms with Crippen molar-refractivity contribution in [1.82, 2.24) is 16.0 Å². The molecule has 0 heterocycles. The van der Waals surface area contributed by atoms with E-state index >= 15 is 0 Å². The molecule has 0 aromatic heterocycles. The minimum atomic E-state index is -1.24. The average molecular weight is 556 g/mol. The highest BCUT2D eigenvalue weighted by Gasteiger charge is 2.30. The number of carboxylic acid groups (broad SMARTS) is 1. The number of carbonyl (C=O) groups excluding carboxylic acids is 3. The van der Waals surface area contributed by atoms with E-state index in [0.29, 0.717) is 31.6 Å². The first kappa shape index (κ1) is 32.1. The first-order valence-corrected chi connectivity index (χ1v) is 13.7. The monoisotopic (exact) mass is 555 g/mol. The largest absolute Gasteiger partial charge is 0.480 e. The van der Waals surface area contributed by atoms with E-state index in [4.69, 9.17) is 17.2 Å². The van der Waals surface area contributed by atoms with Gasteiger partial charge >= 0.3 is 5.97 Å². The van der Waals surface area contributed by atoms with Crippen molar-refractivity contribution in [3.05, 3.63) is 35.9 Å². The van der Waals surface area contributed by atoms with Crippen LogP contribution in [-0.4, -0.2) is 83.2 Å². The van der Waals surface area contributed by atoms with Gasteiger partial charge in [0.15, 0.2) is 5.96 Å². The van der Waals surface area contributed by atoms with E-state index in [-0.39, 0.29) is 18.1 Å². The summed E-state index contributed by atoms with van der Waals surface area (Å²) >= 11 is 5.46. The Kier molecular flexibility index (Phi) is 15.1. The Morgan fingerprint density at radius 1 is 0.973 bits per heavy atom. The summed E-state index contributed by atoms with van der Waals surface area (Å²) in [5.74, 6) is -2.63. The number of guanidine groups is 1. The summed E-state index contributed by atoms with van der Waals surface area (Å²) in [6.45, 7) is 0.319. The van der Waals surface area contributed by atoms with Crippen LogP contribution in [0.1, 0.15) is 24.8 Å². The van der Waals surface area contributed by atoms with Crippen molar-refractivity contribution in [2.45, 2.75) is 49.9 Å². The zero-order chi connectivity index (χ0) is 27.8. The quantitative estimate of drug-likeness (QED) is 0.0502. The number of aliphatic imine (C=N–C) groups is 1. The summed E-state index contributed by atoms with van der Waals surface area (Å²) < 4.78 is 0. The molecule has 0 aliphatic carbocycles. The molecule has 206 valence electrons. The Morgan fingerprint density at radius 3 is 2.14 bits per heavy atom. The van der Waals surface area contributed by atoms with Crippen molar-refractivity contribution >= 4 is 54.0 Å². The molecule has 0 bridgehead atoms. The maximum Gasteiger partial charge on any atom is 0.327 e. The van der Waals surface area contributed by atoms with Crippen LogP contribution in [0.15, 0.2) is 35.3 Å². The van der Waals surface area contributed by atoms with Crippen LogP contribution >= 0.6 is 24.4 Å². The van der Waals surface area contributed by atoms with Gasteiger partial charge in [-0.15, -0.1) is 0 Å². The molecule has 1 aromatic carbocycles. The number of nitrogens with zero attached hydrogens (tertiary/aromatic N) is 1. The van der Waals surface area contributed by atoms with Crippen LogP contribution in [0.2, 0.25) is 0 Å². The van der Waals surface area contributed by atoms with Crippen LogP contribution in [0.3, 0.4) is 0 Å². The van der Waals surface area contributed by atoms with Crippen LogP contribution in [0.4, 0.5) is 0 Å². The fourth-order valence-electron chi connectivity index (χ4n) is 3.22. The highest BCUT2D eigenvalue weighted by atomic mass is 32.2. The summed E-state index contributed by atoms with van der Waals surface area (Å²) in [4.78, 5) is 54.0. The number of thiol groups is 1. The number of rotatable bonds is 17. The molecule has 3 amide bonds. The Labute approximate surface area is 226 Å². The van der Waals surface area contributed by atoms with E-state index in [1.165, 1.54) is 11.8 Å². The zero-order valence-electron chi connectivity index (χ0n) is 20.8. The number of carbonyl (C=O) groups is 4. The molecule has 12 nitrogen and oxygen atoms in total. The molecule has 37 heavy (non-hydrogen) atoms. The lowest BCUT2D eigenvalue weighted by molar-refractivity contribution is -0.141. The average Bonchev–Trinajstić information content (AvgIpc) is 2.86. The molecule has 0 aliphatic rings. The molecule has 1 rings (SSSR count). The summed E-state index contributed by atoms with van der Waals surface area (Å²) in [5, 5.41) is 17.0. The number of hydrogen-bond acceptors (Lipinski definition) is 8. The fourth-order valence-corrected chi connectivity index (χ4v) is 3.94. The number of amides is 3. The minimum absolute atomic E-state index is 0.0510. The number of carboxylic acids is 1. The van der Waals surface area contributed by atoms with Gasteiger partial charge in [0.2, 0.25) is 17.7 Å². The van der Waals surface area contributed by atoms with E-state index in [0.717, 1.165) is 5.56 Å². The molecule has 4 unspecified atom stereocenters. The minimum Gasteiger partial charge on any atom is -0.480 e. The topological polar surface area (TPSA) is 215 Å². The molecule has 0 saturated carbocycles. The number of nitrogens with one attached hydrogen (secondary N) is 3. The summed E-state index contributed by atoms with van der Waals surface area (Å²) in [7, 11) is 0. The molecule has 0 fully saturated rings. The normalized spacial score (nSPS) is 13.9. The lowest BCUT2D eigenvalue weighted by Gasteiger charge is -2.25. The second-order valence-corrected chi connectivity index (χ2v) is 9.58. The summed E-state index contributed by atoms with van der Waals surface area (Å²) in [6, 6.07) is 4.82. The van der Waals surface area contributed by atoms with Crippen LogP contribution in [-0.2, 0) is 25.6 Å². The Morgan fingerprint density at radius 2 is 1.57 bits per heavy atom.